The Hall–Kier alpha value is -1.58. The molecule has 0 amide bonds. The second-order valence-electron chi connectivity index (χ2n) is 5.82. The molecule has 0 aromatic heterocycles. The lowest BCUT2D eigenvalue weighted by atomic mass is 10.3. The van der Waals surface area contributed by atoms with Gasteiger partial charge in [-0.2, -0.15) is 0 Å². The van der Waals surface area contributed by atoms with Crippen LogP contribution >= 0.6 is 24.0 Å². The van der Waals surface area contributed by atoms with Crippen molar-refractivity contribution >= 4 is 35.9 Å². The molecule has 0 aliphatic carbocycles. The van der Waals surface area contributed by atoms with Crippen LogP contribution < -0.4 is 15.4 Å². The van der Waals surface area contributed by atoms with Crippen LogP contribution in [0.2, 0.25) is 0 Å². The summed E-state index contributed by atoms with van der Waals surface area (Å²) in [5.41, 5.74) is 0. The number of benzene rings is 1. The minimum atomic E-state index is -0.298. The second-order valence-corrected chi connectivity index (χ2v) is 5.82. The number of esters is 1. The van der Waals surface area contributed by atoms with Gasteiger partial charge in [-0.25, -0.2) is 9.38 Å². The van der Waals surface area contributed by atoms with Gasteiger partial charge >= 0.3 is 5.97 Å². The van der Waals surface area contributed by atoms with Crippen LogP contribution in [0.1, 0.15) is 34.1 Å². The minimum absolute atomic E-state index is 0. The summed E-state index contributed by atoms with van der Waals surface area (Å²) in [7, 11) is 0. The number of carbonyl (C=O) groups excluding carboxylic acids is 1. The Bertz CT molecular complexity index is 553. The number of carbonyl (C=O) groups is 1. The highest BCUT2D eigenvalue weighted by atomic mass is 127. The summed E-state index contributed by atoms with van der Waals surface area (Å²) >= 11 is 0. The summed E-state index contributed by atoms with van der Waals surface area (Å²) in [6.07, 6.45) is -0.0183. The van der Waals surface area contributed by atoms with Crippen molar-refractivity contribution in [2.75, 3.05) is 19.6 Å². The number of halogens is 2. The van der Waals surface area contributed by atoms with Gasteiger partial charge in [-0.3, -0.25) is 4.79 Å². The van der Waals surface area contributed by atoms with Gasteiger partial charge in [-0.1, -0.05) is 0 Å². The first kappa shape index (κ1) is 24.4. The Morgan fingerprint density at radius 1 is 1.19 bits per heavy atom. The molecular formula is C18H29FIN3O3. The molecule has 1 unspecified atom stereocenters. The monoisotopic (exact) mass is 481 g/mol. The van der Waals surface area contributed by atoms with E-state index in [0.29, 0.717) is 31.3 Å². The number of nitrogens with zero attached hydrogens (tertiary/aromatic N) is 1. The van der Waals surface area contributed by atoms with Crippen molar-refractivity contribution in [3.63, 3.8) is 0 Å². The van der Waals surface area contributed by atoms with Gasteiger partial charge in [-0.15, -0.1) is 24.0 Å². The van der Waals surface area contributed by atoms with Crippen molar-refractivity contribution in [3.8, 4) is 5.75 Å². The van der Waals surface area contributed by atoms with Gasteiger partial charge in [0.1, 0.15) is 17.7 Å². The Kier molecular flexibility index (Phi) is 12.8. The average Bonchev–Trinajstić information content (AvgIpc) is 2.54. The van der Waals surface area contributed by atoms with Crippen molar-refractivity contribution in [1.82, 2.24) is 10.6 Å². The predicted molar refractivity (Wildman–Crippen MR) is 112 cm³/mol. The largest absolute Gasteiger partial charge is 0.489 e. The fourth-order valence-corrected chi connectivity index (χ4v) is 1.95. The maximum absolute atomic E-state index is 12.9. The van der Waals surface area contributed by atoms with E-state index >= 15 is 0 Å². The number of hydrogen-bond donors (Lipinski definition) is 2. The van der Waals surface area contributed by atoms with Crippen LogP contribution in [0.15, 0.2) is 29.3 Å². The molecule has 26 heavy (non-hydrogen) atoms. The SMILES string of the molecule is CCNC(=NCC(C)Oc1ccc(F)cc1)NCCC(=O)OC(C)C.I. The second kappa shape index (κ2) is 13.6. The first-order chi connectivity index (χ1) is 11.9. The Morgan fingerprint density at radius 2 is 1.85 bits per heavy atom. The number of aliphatic imine (C=N–C) groups is 1. The van der Waals surface area contributed by atoms with Gasteiger partial charge in [0.05, 0.1) is 19.1 Å². The fourth-order valence-electron chi connectivity index (χ4n) is 1.95. The van der Waals surface area contributed by atoms with Crippen molar-refractivity contribution in [2.24, 2.45) is 4.99 Å². The molecule has 0 heterocycles. The molecule has 0 fully saturated rings. The Balaban J connectivity index is 0.00000625. The van der Waals surface area contributed by atoms with E-state index in [4.69, 9.17) is 9.47 Å². The van der Waals surface area contributed by atoms with E-state index < -0.39 is 0 Å². The van der Waals surface area contributed by atoms with Gasteiger partial charge in [0, 0.05) is 13.1 Å². The van der Waals surface area contributed by atoms with Crippen LogP contribution in [0.25, 0.3) is 0 Å². The average molecular weight is 481 g/mol. The standard InChI is InChI=1S/C18H28FN3O3.HI/c1-5-20-18(21-11-10-17(23)24-13(2)3)22-12-14(4)25-16-8-6-15(19)7-9-16;/h6-9,13-14H,5,10-12H2,1-4H3,(H2,20,21,22);1H. The number of hydrogen-bond acceptors (Lipinski definition) is 4. The van der Waals surface area contributed by atoms with Crippen molar-refractivity contribution in [3.05, 3.63) is 30.1 Å². The third kappa shape index (κ3) is 11.1. The molecule has 1 aromatic rings. The van der Waals surface area contributed by atoms with Crippen LogP contribution in [0, 0.1) is 5.82 Å². The third-order valence-corrected chi connectivity index (χ3v) is 2.99. The topological polar surface area (TPSA) is 72.0 Å². The maximum atomic E-state index is 12.9. The van der Waals surface area contributed by atoms with Gasteiger partial charge in [0.2, 0.25) is 0 Å². The molecule has 0 bridgehead atoms. The number of rotatable bonds is 9. The maximum Gasteiger partial charge on any atom is 0.307 e. The van der Waals surface area contributed by atoms with Crippen LogP contribution in [0.3, 0.4) is 0 Å². The number of ether oxygens (including phenoxy) is 2. The van der Waals surface area contributed by atoms with Gasteiger partial charge in [-0.05, 0) is 52.0 Å². The zero-order valence-corrected chi connectivity index (χ0v) is 18.1. The summed E-state index contributed by atoms with van der Waals surface area (Å²) in [5.74, 6) is 0.659. The number of guanidine groups is 1. The van der Waals surface area contributed by atoms with E-state index in [1.165, 1.54) is 12.1 Å². The van der Waals surface area contributed by atoms with Crippen molar-refractivity contribution in [1.29, 1.82) is 0 Å². The van der Waals surface area contributed by atoms with E-state index in [9.17, 15) is 9.18 Å². The molecular weight excluding hydrogens is 452 g/mol. The van der Waals surface area contributed by atoms with E-state index in [0.717, 1.165) is 0 Å². The molecule has 1 rings (SSSR count). The summed E-state index contributed by atoms with van der Waals surface area (Å²) in [5, 5.41) is 6.19. The molecule has 0 spiro atoms. The van der Waals surface area contributed by atoms with Crippen LogP contribution in [0.4, 0.5) is 4.39 Å². The molecule has 0 aliphatic rings. The molecule has 1 aromatic carbocycles. The van der Waals surface area contributed by atoms with E-state index in [1.54, 1.807) is 12.1 Å². The zero-order chi connectivity index (χ0) is 18.7. The van der Waals surface area contributed by atoms with E-state index in [1.807, 2.05) is 27.7 Å². The molecule has 148 valence electrons. The van der Waals surface area contributed by atoms with Crippen molar-refractivity contribution in [2.45, 2.75) is 46.3 Å². The minimum Gasteiger partial charge on any atom is -0.489 e. The summed E-state index contributed by atoms with van der Waals surface area (Å²) < 4.78 is 23.6. The lowest BCUT2D eigenvalue weighted by Gasteiger charge is -2.15. The Morgan fingerprint density at radius 3 is 2.42 bits per heavy atom. The molecule has 6 nitrogen and oxygen atoms in total. The lowest BCUT2D eigenvalue weighted by Crippen LogP contribution is -2.39. The highest BCUT2D eigenvalue weighted by molar-refractivity contribution is 14.0. The molecule has 0 saturated heterocycles. The van der Waals surface area contributed by atoms with Gasteiger partial charge < -0.3 is 20.1 Å². The quantitative estimate of drug-likeness (QED) is 0.246. The summed E-state index contributed by atoms with van der Waals surface area (Å²) in [4.78, 5) is 15.9. The van der Waals surface area contributed by atoms with Crippen LogP contribution in [-0.4, -0.2) is 43.8 Å². The fraction of sp³-hybridized carbons (Fsp3) is 0.556. The van der Waals surface area contributed by atoms with E-state index in [-0.39, 0.29) is 54.4 Å². The van der Waals surface area contributed by atoms with Gasteiger partial charge in [0.25, 0.3) is 0 Å². The third-order valence-electron chi connectivity index (χ3n) is 2.99. The van der Waals surface area contributed by atoms with Crippen LogP contribution in [0.5, 0.6) is 5.75 Å². The first-order valence-electron chi connectivity index (χ1n) is 8.54. The van der Waals surface area contributed by atoms with Gasteiger partial charge in [0.15, 0.2) is 5.96 Å². The normalized spacial score (nSPS) is 12.2. The lowest BCUT2D eigenvalue weighted by molar-refractivity contribution is -0.147. The van der Waals surface area contributed by atoms with Crippen LogP contribution in [-0.2, 0) is 9.53 Å². The number of nitrogens with one attached hydrogen (secondary N) is 2. The van der Waals surface area contributed by atoms with E-state index in [2.05, 4.69) is 15.6 Å². The highest BCUT2D eigenvalue weighted by Crippen LogP contribution is 2.13. The smallest absolute Gasteiger partial charge is 0.307 e. The van der Waals surface area contributed by atoms with Crippen molar-refractivity contribution < 1.29 is 18.7 Å². The predicted octanol–water partition coefficient (Wildman–Crippen LogP) is 3.11. The molecule has 1 atom stereocenters. The molecule has 8 heteroatoms. The summed E-state index contributed by atoms with van der Waals surface area (Å²) in [6, 6.07) is 5.87. The Labute approximate surface area is 172 Å². The summed E-state index contributed by atoms with van der Waals surface area (Å²) in [6.45, 7) is 9.04. The molecule has 0 aliphatic heterocycles. The molecule has 2 N–H and O–H groups in total. The first-order valence-corrected chi connectivity index (χ1v) is 8.54. The zero-order valence-electron chi connectivity index (χ0n) is 15.8. The molecule has 0 saturated carbocycles. The molecule has 0 radical (unpaired) electrons. The highest BCUT2D eigenvalue weighted by Gasteiger charge is 2.07.